The molecule has 1 saturated heterocycles. The lowest BCUT2D eigenvalue weighted by Gasteiger charge is -2.37. The van der Waals surface area contributed by atoms with Crippen LogP contribution in [0.15, 0.2) is 78.9 Å². The molecular formula is C32H39ClN2O2. The van der Waals surface area contributed by atoms with Crippen LogP contribution in [0.2, 0.25) is 5.02 Å². The standard InChI is InChI=1S/C32H39ClN2O2/c1-3-24-37-31(36)32(4-2,28-11-6-5-7-12-28)18-9-19-34-20-22-35(23-21-34)30-16-14-26(15-17-30)27-10-8-13-29(33)25-27/h5-8,10-17,25H,3-4,9,18-24H2,1-2H3. The maximum atomic E-state index is 13.2. The van der Waals surface area contributed by atoms with Crippen LogP contribution in [0.25, 0.3) is 11.1 Å². The van der Waals surface area contributed by atoms with E-state index in [1.807, 2.05) is 43.3 Å². The molecule has 0 aromatic heterocycles. The summed E-state index contributed by atoms with van der Waals surface area (Å²) in [5, 5.41) is 0.760. The second-order valence-electron chi connectivity index (χ2n) is 9.93. The van der Waals surface area contributed by atoms with Crippen LogP contribution in [-0.4, -0.2) is 50.2 Å². The predicted octanol–water partition coefficient (Wildman–Crippen LogP) is 7.21. The van der Waals surface area contributed by atoms with Crippen molar-refractivity contribution in [1.29, 1.82) is 0 Å². The molecule has 1 heterocycles. The fraction of sp³-hybridized carbons (Fsp3) is 0.406. The van der Waals surface area contributed by atoms with Gasteiger partial charge in [-0.15, -0.1) is 0 Å². The molecule has 5 heteroatoms. The van der Waals surface area contributed by atoms with Crippen LogP contribution in [0.3, 0.4) is 0 Å². The molecule has 0 saturated carbocycles. The van der Waals surface area contributed by atoms with E-state index in [4.69, 9.17) is 16.3 Å². The summed E-state index contributed by atoms with van der Waals surface area (Å²) < 4.78 is 5.68. The highest BCUT2D eigenvalue weighted by atomic mass is 35.5. The normalized spacial score (nSPS) is 15.8. The molecule has 196 valence electrons. The number of esters is 1. The number of benzene rings is 3. The monoisotopic (exact) mass is 518 g/mol. The van der Waals surface area contributed by atoms with E-state index in [0.29, 0.717) is 6.61 Å². The van der Waals surface area contributed by atoms with Gasteiger partial charge in [0.2, 0.25) is 0 Å². The summed E-state index contributed by atoms with van der Waals surface area (Å²) in [4.78, 5) is 18.2. The van der Waals surface area contributed by atoms with E-state index in [0.717, 1.165) is 74.6 Å². The third kappa shape index (κ3) is 6.74. The molecule has 37 heavy (non-hydrogen) atoms. The highest BCUT2D eigenvalue weighted by molar-refractivity contribution is 6.30. The van der Waals surface area contributed by atoms with Gasteiger partial charge in [-0.25, -0.2) is 0 Å². The third-order valence-corrected chi connectivity index (χ3v) is 7.83. The topological polar surface area (TPSA) is 32.8 Å². The fourth-order valence-electron chi connectivity index (χ4n) is 5.35. The van der Waals surface area contributed by atoms with Crippen molar-refractivity contribution in [1.82, 2.24) is 4.90 Å². The summed E-state index contributed by atoms with van der Waals surface area (Å²) in [7, 11) is 0. The molecule has 4 nitrogen and oxygen atoms in total. The van der Waals surface area contributed by atoms with Gasteiger partial charge in [-0.1, -0.05) is 80.0 Å². The molecule has 0 N–H and O–H groups in total. The van der Waals surface area contributed by atoms with Gasteiger partial charge in [0.15, 0.2) is 0 Å². The lowest BCUT2D eigenvalue weighted by atomic mass is 9.74. The van der Waals surface area contributed by atoms with E-state index in [1.165, 1.54) is 11.3 Å². The van der Waals surface area contributed by atoms with Crippen LogP contribution in [0.5, 0.6) is 0 Å². The summed E-state index contributed by atoms with van der Waals surface area (Å²) in [6.45, 7) is 9.70. The smallest absolute Gasteiger partial charge is 0.316 e. The summed E-state index contributed by atoms with van der Waals surface area (Å²) in [6, 6.07) is 27.0. The van der Waals surface area contributed by atoms with Gasteiger partial charge in [-0.2, -0.15) is 0 Å². The third-order valence-electron chi connectivity index (χ3n) is 7.60. The molecule has 0 amide bonds. The number of carbonyl (C=O) groups is 1. The number of piperazine rings is 1. The molecule has 1 fully saturated rings. The minimum Gasteiger partial charge on any atom is -0.465 e. The maximum Gasteiger partial charge on any atom is 0.316 e. The van der Waals surface area contributed by atoms with Crippen molar-refractivity contribution in [2.45, 2.75) is 44.9 Å². The lowest BCUT2D eigenvalue weighted by molar-refractivity contribution is -0.151. The summed E-state index contributed by atoms with van der Waals surface area (Å²) in [5.41, 5.74) is 4.09. The molecule has 3 aromatic carbocycles. The van der Waals surface area contributed by atoms with Crippen molar-refractivity contribution in [3.63, 3.8) is 0 Å². The van der Waals surface area contributed by atoms with Crippen LogP contribution in [0.4, 0.5) is 5.69 Å². The van der Waals surface area contributed by atoms with E-state index in [2.05, 4.69) is 59.2 Å². The van der Waals surface area contributed by atoms with Crippen molar-refractivity contribution in [2.75, 3.05) is 44.2 Å². The minimum atomic E-state index is -0.566. The van der Waals surface area contributed by atoms with Gasteiger partial charge < -0.3 is 9.64 Å². The van der Waals surface area contributed by atoms with E-state index < -0.39 is 5.41 Å². The van der Waals surface area contributed by atoms with Crippen molar-refractivity contribution >= 4 is 23.3 Å². The number of hydrogen-bond donors (Lipinski definition) is 0. The van der Waals surface area contributed by atoms with E-state index in [1.54, 1.807) is 0 Å². The van der Waals surface area contributed by atoms with Crippen molar-refractivity contribution in [3.8, 4) is 11.1 Å². The second-order valence-corrected chi connectivity index (χ2v) is 10.4. The first kappa shape index (κ1) is 27.2. The second kappa shape index (κ2) is 13.1. The van der Waals surface area contributed by atoms with Crippen molar-refractivity contribution < 1.29 is 9.53 Å². The highest BCUT2D eigenvalue weighted by Crippen LogP contribution is 2.35. The van der Waals surface area contributed by atoms with Crippen LogP contribution < -0.4 is 4.90 Å². The molecule has 1 aliphatic rings. The zero-order chi connectivity index (χ0) is 26.1. The number of ether oxygens (including phenoxy) is 1. The zero-order valence-corrected chi connectivity index (χ0v) is 22.9. The summed E-state index contributed by atoms with van der Waals surface area (Å²) >= 11 is 6.16. The Hall–Kier alpha value is -2.82. The molecule has 1 unspecified atom stereocenters. The Morgan fingerprint density at radius 1 is 0.892 bits per heavy atom. The maximum absolute atomic E-state index is 13.2. The number of carbonyl (C=O) groups excluding carboxylic acids is 1. The number of halogens is 1. The van der Waals surface area contributed by atoms with Crippen LogP contribution >= 0.6 is 11.6 Å². The summed E-state index contributed by atoms with van der Waals surface area (Å²) in [6.07, 6.45) is 3.37. The van der Waals surface area contributed by atoms with Crippen LogP contribution in [0.1, 0.15) is 45.1 Å². The molecule has 4 rings (SSSR count). The highest BCUT2D eigenvalue weighted by Gasteiger charge is 2.39. The first-order valence-corrected chi connectivity index (χ1v) is 14.0. The SMILES string of the molecule is CCCOC(=O)C(CC)(CCCN1CCN(c2ccc(-c3cccc(Cl)c3)cc2)CC1)c1ccccc1. The average molecular weight is 519 g/mol. The Bertz CT molecular complexity index is 1130. The first-order chi connectivity index (χ1) is 18.1. The van der Waals surface area contributed by atoms with Crippen molar-refractivity contribution in [3.05, 3.63) is 89.4 Å². The number of hydrogen-bond acceptors (Lipinski definition) is 4. The fourth-order valence-corrected chi connectivity index (χ4v) is 5.54. The van der Waals surface area contributed by atoms with E-state index in [-0.39, 0.29) is 5.97 Å². The molecule has 1 atom stereocenters. The number of rotatable bonds is 11. The summed E-state index contributed by atoms with van der Waals surface area (Å²) in [5.74, 6) is -0.0749. The molecule has 0 radical (unpaired) electrons. The minimum absolute atomic E-state index is 0.0749. The van der Waals surface area contributed by atoms with Gasteiger partial charge >= 0.3 is 5.97 Å². The average Bonchev–Trinajstić information content (AvgIpc) is 2.95. The zero-order valence-electron chi connectivity index (χ0n) is 22.2. The van der Waals surface area contributed by atoms with Gasteiger partial charge in [-0.05, 0) is 73.2 Å². The Kier molecular flexibility index (Phi) is 9.65. The van der Waals surface area contributed by atoms with Gasteiger partial charge in [0.25, 0.3) is 0 Å². The van der Waals surface area contributed by atoms with E-state index >= 15 is 0 Å². The number of nitrogens with zero attached hydrogens (tertiary/aromatic N) is 2. The van der Waals surface area contributed by atoms with Crippen LogP contribution in [0, 0.1) is 0 Å². The Balaban J connectivity index is 1.31. The molecule has 3 aromatic rings. The van der Waals surface area contributed by atoms with Gasteiger partial charge in [0.1, 0.15) is 0 Å². The van der Waals surface area contributed by atoms with Gasteiger partial charge in [0, 0.05) is 36.9 Å². The number of anilines is 1. The Labute approximate surface area is 227 Å². The molecular weight excluding hydrogens is 480 g/mol. The molecule has 0 bridgehead atoms. The molecule has 1 aliphatic heterocycles. The predicted molar refractivity (Wildman–Crippen MR) is 154 cm³/mol. The largest absolute Gasteiger partial charge is 0.465 e. The molecule has 0 spiro atoms. The van der Waals surface area contributed by atoms with Crippen molar-refractivity contribution in [2.24, 2.45) is 0 Å². The quantitative estimate of drug-likeness (QED) is 0.251. The Morgan fingerprint density at radius 2 is 1.62 bits per heavy atom. The lowest BCUT2D eigenvalue weighted by Crippen LogP contribution is -2.47. The first-order valence-electron chi connectivity index (χ1n) is 13.6. The van der Waals surface area contributed by atoms with E-state index in [9.17, 15) is 4.79 Å². The molecule has 0 aliphatic carbocycles. The Morgan fingerprint density at radius 3 is 2.27 bits per heavy atom. The van der Waals surface area contributed by atoms with Gasteiger partial charge in [0.05, 0.1) is 12.0 Å². The van der Waals surface area contributed by atoms with Crippen LogP contribution in [-0.2, 0) is 14.9 Å². The van der Waals surface area contributed by atoms with Gasteiger partial charge in [-0.3, -0.25) is 9.69 Å².